The predicted octanol–water partition coefficient (Wildman–Crippen LogP) is 4.18. The van der Waals surface area contributed by atoms with E-state index in [4.69, 9.17) is 11.6 Å². The summed E-state index contributed by atoms with van der Waals surface area (Å²) < 4.78 is 1.80. The van der Waals surface area contributed by atoms with Crippen molar-refractivity contribution in [3.8, 4) is 5.69 Å². The van der Waals surface area contributed by atoms with Crippen molar-refractivity contribution < 1.29 is 4.79 Å². The Hall–Kier alpha value is -2.05. The van der Waals surface area contributed by atoms with Crippen LogP contribution in [0.3, 0.4) is 0 Å². The highest BCUT2D eigenvalue weighted by Gasteiger charge is 2.26. The normalized spacial score (nSPS) is 21.0. The summed E-state index contributed by atoms with van der Waals surface area (Å²) in [7, 11) is 0. The van der Waals surface area contributed by atoms with Gasteiger partial charge in [-0.3, -0.25) is 0 Å². The molecule has 6 nitrogen and oxygen atoms in total. The molecule has 0 bridgehead atoms. The van der Waals surface area contributed by atoms with Gasteiger partial charge in [-0.15, -0.1) is 0 Å². The lowest BCUT2D eigenvalue weighted by atomic mass is 9.94. The molecule has 0 saturated carbocycles. The molecule has 0 radical (unpaired) electrons. The van der Waals surface area contributed by atoms with Gasteiger partial charge in [-0.25, -0.2) is 9.48 Å². The lowest BCUT2D eigenvalue weighted by Crippen LogP contribution is -2.48. The molecule has 0 spiro atoms. The van der Waals surface area contributed by atoms with E-state index in [9.17, 15) is 4.79 Å². The van der Waals surface area contributed by atoms with E-state index < -0.39 is 0 Å². The first-order valence-corrected chi connectivity index (χ1v) is 11.5. The molecular weight excluding hydrogens is 398 g/mol. The van der Waals surface area contributed by atoms with Crippen LogP contribution in [0.25, 0.3) is 5.69 Å². The maximum atomic E-state index is 12.7. The Balaban J connectivity index is 1.25. The second-order valence-corrected chi connectivity index (χ2v) is 9.30. The molecule has 1 unspecified atom stereocenters. The Morgan fingerprint density at radius 3 is 2.70 bits per heavy atom. The second-order valence-electron chi connectivity index (χ2n) is 8.87. The van der Waals surface area contributed by atoms with Crippen LogP contribution in [-0.4, -0.2) is 58.3 Å². The average Bonchev–Trinajstić information content (AvgIpc) is 3.23. The average molecular weight is 430 g/mol. The topological polar surface area (TPSA) is 53.4 Å². The smallest absolute Gasteiger partial charge is 0.317 e. The number of aromatic nitrogens is 2. The SMILES string of the molecule is CC1CCN(CC2CCCN(C(=O)NCc3cnn(-c4ccc(Cl)cc4)c3)C2)CC1. The van der Waals surface area contributed by atoms with Crippen molar-refractivity contribution in [3.05, 3.63) is 47.2 Å². The van der Waals surface area contributed by atoms with Crippen molar-refractivity contribution in [2.75, 3.05) is 32.7 Å². The van der Waals surface area contributed by atoms with Gasteiger partial charge in [0.05, 0.1) is 11.9 Å². The molecular formula is C23H32ClN5O. The molecule has 1 atom stereocenters. The van der Waals surface area contributed by atoms with Gasteiger partial charge in [0.2, 0.25) is 0 Å². The third-order valence-electron chi connectivity index (χ3n) is 6.37. The highest BCUT2D eigenvalue weighted by Crippen LogP contribution is 2.22. The Bertz CT molecular complexity index is 828. The van der Waals surface area contributed by atoms with Crippen LogP contribution in [0.15, 0.2) is 36.7 Å². The van der Waals surface area contributed by atoms with E-state index in [0.29, 0.717) is 17.5 Å². The van der Waals surface area contributed by atoms with Gasteiger partial charge in [0.15, 0.2) is 0 Å². The molecule has 2 saturated heterocycles. The predicted molar refractivity (Wildman–Crippen MR) is 120 cm³/mol. The number of carbonyl (C=O) groups is 1. The maximum Gasteiger partial charge on any atom is 0.317 e. The molecule has 3 heterocycles. The van der Waals surface area contributed by atoms with Gasteiger partial charge in [0.25, 0.3) is 0 Å². The van der Waals surface area contributed by atoms with Crippen molar-refractivity contribution in [1.82, 2.24) is 24.9 Å². The van der Waals surface area contributed by atoms with E-state index in [1.54, 1.807) is 10.9 Å². The van der Waals surface area contributed by atoms with Crippen LogP contribution < -0.4 is 5.32 Å². The summed E-state index contributed by atoms with van der Waals surface area (Å²) in [6, 6.07) is 7.57. The van der Waals surface area contributed by atoms with Crippen LogP contribution >= 0.6 is 11.6 Å². The van der Waals surface area contributed by atoms with E-state index in [-0.39, 0.29) is 6.03 Å². The van der Waals surface area contributed by atoms with Gasteiger partial charge in [-0.05, 0) is 74.9 Å². The minimum atomic E-state index is 0.0335. The van der Waals surface area contributed by atoms with Crippen LogP contribution in [0.1, 0.15) is 38.2 Å². The number of rotatable bonds is 5. The van der Waals surface area contributed by atoms with Crippen LogP contribution in [0.4, 0.5) is 4.79 Å². The van der Waals surface area contributed by atoms with Gasteiger partial charge < -0.3 is 15.1 Å². The van der Waals surface area contributed by atoms with Crippen LogP contribution in [0.5, 0.6) is 0 Å². The molecule has 1 aromatic carbocycles. The summed E-state index contributed by atoms with van der Waals surface area (Å²) in [5.74, 6) is 1.45. The van der Waals surface area contributed by atoms with E-state index in [2.05, 4.69) is 22.2 Å². The molecule has 30 heavy (non-hydrogen) atoms. The van der Waals surface area contributed by atoms with Gasteiger partial charge >= 0.3 is 6.03 Å². The summed E-state index contributed by atoms with van der Waals surface area (Å²) in [6.07, 6.45) is 8.67. The van der Waals surface area contributed by atoms with Crippen LogP contribution in [0, 0.1) is 11.8 Å². The zero-order valence-electron chi connectivity index (χ0n) is 17.8. The fraction of sp³-hybridized carbons (Fsp3) is 0.565. The number of benzene rings is 1. The molecule has 1 N–H and O–H groups in total. The largest absolute Gasteiger partial charge is 0.334 e. The van der Waals surface area contributed by atoms with Gasteiger partial charge in [-0.2, -0.15) is 5.10 Å². The molecule has 1 aromatic heterocycles. The number of halogens is 1. The molecule has 2 amide bonds. The monoisotopic (exact) mass is 429 g/mol. The Morgan fingerprint density at radius 1 is 1.17 bits per heavy atom. The Morgan fingerprint density at radius 2 is 1.93 bits per heavy atom. The molecule has 162 valence electrons. The number of likely N-dealkylation sites (tertiary alicyclic amines) is 2. The first-order chi connectivity index (χ1) is 14.6. The molecule has 2 aliphatic rings. The highest BCUT2D eigenvalue weighted by molar-refractivity contribution is 6.30. The number of hydrogen-bond donors (Lipinski definition) is 1. The lowest BCUT2D eigenvalue weighted by molar-refractivity contribution is 0.120. The van der Waals surface area contributed by atoms with Crippen molar-refractivity contribution in [2.24, 2.45) is 11.8 Å². The number of carbonyl (C=O) groups excluding carboxylic acids is 1. The number of nitrogens with zero attached hydrogens (tertiary/aromatic N) is 4. The van der Waals surface area contributed by atoms with Crippen molar-refractivity contribution in [1.29, 1.82) is 0 Å². The van der Waals surface area contributed by atoms with Gasteiger partial charge in [-0.1, -0.05) is 18.5 Å². The number of urea groups is 1. The van der Waals surface area contributed by atoms with Crippen LogP contribution in [-0.2, 0) is 6.54 Å². The van der Waals surface area contributed by atoms with Crippen LogP contribution in [0.2, 0.25) is 5.02 Å². The first-order valence-electron chi connectivity index (χ1n) is 11.1. The Labute approximate surface area is 184 Å². The van der Waals surface area contributed by atoms with Gasteiger partial charge in [0.1, 0.15) is 0 Å². The molecule has 4 rings (SSSR count). The highest BCUT2D eigenvalue weighted by atomic mass is 35.5. The third-order valence-corrected chi connectivity index (χ3v) is 6.62. The van der Waals surface area contributed by atoms with Gasteiger partial charge in [0, 0.05) is 43.0 Å². The number of hydrogen-bond acceptors (Lipinski definition) is 3. The van der Waals surface area contributed by atoms with Crippen molar-refractivity contribution in [3.63, 3.8) is 0 Å². The summed E-state index contributed by atoms with van der Waals surface area (Å²) in [6.45, 7) is 8.10. The molecule has 2 fully saturated rings. The summed E-state index contributed by atoms with van der Waals surface area (Å²) in [4.78, 5) is 17.3. The minimum Gasteiger partial charge on any atom is -0.334 e. The summed E-state index contributed by atoms with van der Waals surface area (Å²) in [5.41, 5.74) is 1.93. The number of amides is 2. The fourth-order valence-corrected chi connectivity index (χ4v) is 4.61. The standard InChI is InChI=1S/C23H32ClN5O/c1-18-8-11-27(12-9-18)15-19-3-2-10-28(16-19)23(30)25-13-20-14-26-29(17-20)22-6-4-21(24)5-7-22/h4-7,14,17-19H,2-3,8-13,15-16H2,1H3,(H,25,30). The first kappa shape index (κ1) is 21.2. The van der Waals surface area contributed by atoms with Crippen molar-refractivity contribution in [2.45, 2.75) is 39.2 Å². The summed E-state index contributed by atoms with van der Waals surface area (Å²) in [5, 5.41) is 8.17. The Kier molecular flexibility index (Phi) is 6.95. The lowest BCUT2D eigenvalue weighted by Gasteiger charge is -2.37. The molecule has 2 aromatic rings. The third kappa shape index (κ3) is 5.55. The van der Waals surface area contributed by atoms with E-state index in [0.717, 1.165) is 43.2 Å². The quantitative estimate of drug-likeness (QED) is 0.775. The van der Waals surface area contributed by atoms with Crippen molar-refractivity contribution >= 4 is 17.6 Å². The number of piperidine rings is 2. The van der Waals surface area contributed by atoms with E-state index >= 15 is 0 Å². The minimum absolute atomic E-state index is 0.0335. The fourth-order valence-electron chi connectivity index (χ4n) is 4.48. The van der Waals surface area contributed by atoms with E-state index in [1.165, 1.54) is 32.4 Å². The summed E-state index contributed by atoms with van der Waals surface area (Å²) >= 11 is 5.95. The second kappa shape index (κ2) is 9.84. The molecule has 2 aliphatic heterocycles. The van der Waals surface area contributed by atoms with E-state index in [1.807, 2.05) is 35.4 Å². The maximum absolute atomic E-state index is 12.7. The molecule has 7 heteroatoms. The zero-order chi connectivity index (χ0) is 20.9. The number of nitrogens with one attached hydrogen (secondary N) is 1. The molecule has 0 aliphatic carbocycles. The zero-order valence-corrected chi connectivity index (χ0v) is 18.5.